The van der Waals surface area contributed by atoms with Crippen molar-refractivity contribution in [2.24, 2.45) is 11.8 Å². The van der Waals surface area contributed by atoms with Gasteiger partial charge in [0.1, 0.15) is 0 Å². The van der Waals surface area contributed by atoms with Crippen molar-refractivity contribution in [1.82, 2.24) is 5.32 Å². The van der Waals surface area contributed by atoms with Crippen molar-refractivity contribution in [3.05, 3.63) is 0 Å². The third-order valence-electron chi connectivity index (χ3n) is 5.33. The molecule has 0 radical (unpaired) electrons. The van der Waals surface area contributed by atoms with E-state index in [1.165, 1.54) is 50.0 Å². The number of hydrogen-bond acceptors (Lipinski definition) is 3. The fourth-order valence-corrected chi connectivity index (χ4v) is 5.35. The van der Waals surface area contributed by atoms with E-state index in [9.17, 15) is 0 Å². The molecule has 0 aromatic heterocycles. The zero-order chi connectivity index (χ0) is 13.7. The van der Waals surface area contributed by atoms with Crippen molar-refractivity contribution in [2.45, 2.75) is 64.0 Å². The zero-order valence-corrected chi connectivity index (χ0v) is 13.7. The molecule has 1 spiro atoms. The SMILES string of the molecule is CCC(CC)C(NC)C1CCOC2(CCSCC2)C1. The van der Waals surface area contributed by atoms with Crippen LogP contribution in [0.15, 0.2) is 0 Å². The first-order valence-corrected chi connectivity index (χ1v) is 9.29. The molecule has 0 bridgehead atoms. The molecular formula is C16H31NOS. The summed E-state index contributed by atoms with van der Waals surface area (Å²) in [5, 5.41) is 3.63. The average molecular weight is 285 g/mol. The molecular weight excluding hydrogens is 254 g/mol. The Bertz CT molecular complexity index is 256. The highest BCUT2D eigenvalue weighted by molar-refractivity contribution is 7.99. The number of thioether (sulfide) groups is 1. The minimum Gasteiger partial charge on any atom is -0.375 e. The Kier molecular flexibility index (Phi) is 6.04. The maximum absolute atomic E-state index is 6.24. The zero-order valence-electron chi connectivity index (χ0n) is 12.9. The predicted molar refractivity (Wildman–Crippen MR) is 84.9 cm³/mol. The van der Waals surface area contributed by atoms with E-state index < -0.39 is 0 Å². The summed E-state index contributed by atoms with van der Waals surface area (Å²) in [6.45, 7) is 5.66. The van der Waals surface area contributed by atoms with E-state index in [4.69, 9.17) is 4.74 Å². The lowest BCUT2D eigenvalue weighted by Gasteiger charge is -2.46. The summed E-state index contributed by atoms with van der Waals surface area (Å²) in [7, 11) is 2.15. The topological polar surface area (TPSA) is 21.3 Å². The summed E-state index contributed by atoms with van der Waals surface area (Å²) in [6, 6.07) is 0.686. The van der Waals surface area contributed by atoms with Gasteiger partial charge in [0.05, 0.1) is 5.60 Å². The predicted octanol–water partition coefficient (Wildman–Crippen LogP) is 3.70. The van der Waals surface area contributed by atoms with E-state index in [-0.39, 0.29) is 5.60 Å². The fraction of sp³-hybridized carbons (Fsp3) is 1.00. The monoisotopic (exact) mass is 285 g/mol. The van der Waals surface area contributed by atoms with Gasteiger partial charge in [-0.3, -0.25) is 0 Å². The maximum atomic E-state index is 6.24. The number of rotatable bonds is 5. The third kappa shape index (κ3) is 3.68. The largest absolute Gasteiger partial charge is 0.375 e. The Morgan fingerprint density at radius 3 is 2.53 bits per heavy atom. The Labute approximate surface area is 123 Å². The molecule has 3 heteroatoms. The summed E-state index contributed by atoms with van der Waals surface area (Å²) in [5.74, 6) is 4.22. The van der Waals surface area contributed by atoms with Crippen LogP contribution in [0.3, 0.4) is 0 Å². The Balaban J connectivity index is 2.02. The summed E-state index contributed by atoms with van der Waals surface area (Å²) >= 11 is 2.10. The van der Waals surface area contributed by atoms with E-state index >= 15 is 0 Å². The second kappa shape index (κ2) is 7.33. The summed E-state index contributed by atoms with van der Waals surface area (Å²) in [5.41, 5.74) is 0.231. The quantitative estimate of drug-likeness (QED) is 0.832. The van der Waals surface area contributed by atoms with Crippen LogP contribution in [-0.4, -0.2) is 36.8 Å². The van der Waals surface area contributed by atoms with Crippen molar-refractivity contribution in [2.75, 3.05) is 25.2 Å². The molecule has 2 fully saturated rings. The van der Waals surface area contributed by atoms with Gasteiger partial charge in [0, 0.05) is 12.6 Å². The van der Waals surface area contributed by atoms with Gasteiger partial charge in [-0.15, -0.1) is 0 Å². The minimum absolute atomic E-state index is 0.231. The van der Waals surface area contributed by atoms with Crippen LogP contribution in [0.25, 0.3) is 0 Å². The van der Waals surface area contributed by atoms with Crippen LogP contribution in [0.2, 0.25) is 0 Å². The molecule has 2 saturated heterocycles. The fourth-order valence-electron chi connectivity index (χ4n) is 4.12. The van der Waals surface area contributed by atoms with Crippen molar-refractivity contribution in [3.63, 3.8) is 0 Å². The lowest BCUT2D eigenvalue weighted by Crippen LogP contribution is -2.50. The molecule has 0 saturated carbocycles. The van der Waals surface area contributed by atoms with Crippen LogP contribution >= 0.6 is 11.8 Å². The summed E-state index contributed by atoms with van der Waals surface area (Å²) in [6.07, 6.45) is 7.66. The molecule has 2 aliphatic heterocycles. The highest BCUT2D eigenvalue weighted by Gasteiger charge is 2.41. The van der Waals surface area contributed by atoms with Crippen LogP contribution in [0.1, 0.15) is 52.4 Å². The Hall–Kier alpha value is 0.270. The first-order chi connectivity index (χ1) is 9.24. The number of ether oxygens (including phenoxy) is 1. The van der Waals surface area contributed by atoms with E-state index in [1.807, 2.05) is 0 Å². The van der Waals surface area contributed by atoms with E-state index in [0.717, 1.165) is 18.4 Å². The second-order valence-electron chi connectivity index (χ2n) is 6.29. The van der Waals surface area contributed by atoms with Gasteiger partial charge >= 0.3 is 0 Å². The van der Waals surface area contributed by atoms with E-state index in [0.29, 0.717) is 6.04 Å². The van der Waals surface area contributed by atoms with Crippen LogP contribution in [0, 0.1) is 11.8 Å². The molecule has 2 unspecified atom stereocenters. The smallest absolute Gasteiger partial charge is 0.0701 e. The molecule has 2 heterocycles. The Morgan fingerprint density at radius 1 is 1.26 bits per heavy atom. The summed E-state index contributed by atoms with van der Waals surface area (Å²) in [4.78, 5) is 0. The van der Waals surface area contributed by atoms with Crippen LogP contribution in [0.4, 0.5) is 0 Å². The van der Waals surface area contributed by atoms with Gasteiger partial charge in [0.15, 0.2) is 0 Å². The molecule has 0 amide bonds. The van der Waals surface area contributed by atoms with E-state index in [2.05, 4.69) is 38.0 Å². The van der Waals surface area contributed by atoms with Crippen molar-refractivity contribution >= 4 is 11.8 Å². The van der Waals surface area contributed by atoms with Gasteiger partial charge in [-0.1, -0.05) is 26.7 Å². The van der Waals surface area contributed by atoms with Gasteiger partial charge in [-0.2, -0.15) is 11.8 Å². The van der Waals surface area contributed by atoms with Crippen molar-refractivity contribution < 1.29 is 4.74 Å². The highest BCUT2D eigenvalue weighted by Crippen LogP contribution is 2.42. The first kappa shape index (κ1) is 15.7. The summed E-state index contributed by atoms with van der Waals surface area (Å²) < 4.78 is 6.24. The molecule has 2 rings (SSSR count). The molecule has 2 atom stereocenters. The average Bonchev–Trinajstić information content (AvgIpc) is 2.45. The lowest BCUT2D eigenvalue weighted by molar-refractivity contribution is -0.109. The highest BCUT2D eigenvalue weighted by atomic mass is 32.2. The van der Waals surface area contributed by atoms with Gasteiger partial charge < -0.3 is 10.1 Å². The molecule has 112 valence electrons. The Morgan fingerprint density at radius 2 is 1.95 bits per heavy atom. The van der Waals surface area contributed by atoms with Gasteiger partial charge in [-0.25, -0.2) is 0 Å². The maximum Gasteiger partial charge on any atom is 0.0701 e. The normalized spacial score (nSPS) is 28.7. The van der Waals surface area contributed by atoms with Gasteiger partial charge in [0.2, 0.25) is 0 Å². The number of hydrogen-bond donors (Lipinski definition) is 1. The standard InChI is InChI=1S/C16H31NOS/c1-4-13(5-2)15(17-3)14-6-9-18-16(12-14)7-10-19-11-8-16/h13-15,17H,4-12H2,1-3H3. The molecule has 0 aliphatic carbocycles. The lowest BCUT2D eigenvalue weighted by atomic mass is 9.74. The molecule has 1 N–H and O–H groups in total. The van der Waals surface area contributed by atoms with Crippen LogP contribution in [-0.2, 0) is 4.74 Å². The van der Waals surface area contributed by atoms with Gasteiger partial charge in [-0.05, 0) is 56.1 Å². The van der Waals surface area contributed by atoms with Crippen molar-refractivity contribution in [1.29, 1.82) is 0 Å². The molecule has 2 aliphatic rings. The second-order valence-corrected chi connectivity index (χ2v) is 7.51. The first-order valence-electron chi connectivity index (χ1n) is 8.13. The third-order valence-corrected chi connectivity index (χ3v) is 6.32. The number of nitrogens with one attached hydrogen (secondary N) is 1. The van der Waals surface area contributed by atoms with Crippen LogP contribution < -0.4 is 5.32 Å². The molecule has 19 heavy (non-hydrogen) atoms. The minimum atomic E-state index is 0.231. The van der Waals surface area contributed by atoms with E-state index in [1.54, 1.807) is 0 Å². The molecule has 0 aromatic rings. The van der Waals surface area contributed by atoms with Crippen LogP contribution in [0.5, 0.6) is 0 Å². The van der Waals surface area contributed by atoms with Gasteiger partial charge in [0.25, 0.3) is 0 Å². The molecule has 2 nitrogen and oxygen atoms in total. The van der Waals surface area contributed by atoms with Crippen molar-refractivity contribution in [3.8, 4) is 0 Å². The molecule has 0 aromatic carbocycles.